The standard InChI is InChI=1S/C10H20N4O/c1-12-5-7-14(8-6-12)11-9-3-4-13(2)10(9)15/h9,11H,3-8H2,1-2H3. The number of likely N-dealkylation sites (tertiary alicyclic amines) is 1. The van der Waals surface area contributed by atoms with Gasteiger partial charge in [-0.05, 0) is 13.5 Å². The van der Waals surface area contributed by atoms with Crippen LogP contribution in [0.3, 0.4) is 0 Å². The smallest absolute Gasteiger partial charge is 0.240 e. The first-order valence-corrected chi connectivity index (χ1v) is 5.61. The third-order valence-corrected chi connectivity index (χ3v) is 3.27. The minimum absolute atomic E-state index is 0.0124. The average molecular weight is 212 g/mol. The summed E-state index contributed by atoms with van der Waals surface area (Å²) in [5.74, 6) is 0.230. The number of rotatable bonds is 2. The highest BCUT2D eigenvalue weighted by Crippen LogP contribution is 2.09. The molecule has 0 saturated carbocycles. The SMILES string of the molecule is CN1CCN(NC2CCN(C)C2=O)CC1. The Bertz CT molecular complexity index is 238. The van der Waals surface area contributed by atoms with Gasteiger partial charge in [0, 0.05) is 39.8 Å². The minimum Gasteiger partial charge on any atom is -0.344 e. The fourth-order valence-corrected chi connectivity index (χ4v) is 2.10. The molecule has 0 radical (unpaired) electrons. The minimum atomic E-state index is 0.0124. The number of amides is 1. The van der Waals surface area contributed by atoms with Crippen LogP contribution in [0.25, 0.3) is 0 Å². The fourth-order valence-electron chi connectivity index (χ4n) is 2.10. The Kier molecular flexibility index (Phi) is 3.23. The number of nitrogens with one attached hydrogen (secondary N) is 1. The Hall–Kier alpha value is -0.650. The van der Waals surface area contributed by atoms with Crippen LogP contribution in [0.2, 0.25) is 0 Å². The Morgan fingerprint density at radius 1 is 1.13 bits per heavy atom. The van der Waals surface area contributed by atoms with E-state index in [0.29, 0.717) is 0 Å². The Morgan fingerprint density at radius 2 is 1.80 bits per heavy atom. The van der Waals surface area contributed by atoms with Crippen molar-refractivity contribution < 1.29 is 4.79 Å². The van der Waals surface area contributed by atoms with Crippen molar-refractivity contribution in [1.29, 1.82) is 0 Å². The summed E-state index contributed by atoms with van der Waals surface area (Å²) in [5.41, 5.74) is 3.33. The summed E-state index contributed by atoms with van der Waals surface area (Å²) in [4.78, 5) is 15.8. The summed E-state index contributed by atoms with van der Waals surface area (Å²) in [6, 6.07) is 0.0124. The quantitative estimate of drug-likeness (QED) is 0.635. The van der Waals surface area contributed by atoms with Crippen molar-refractivity contribution in [3.8, 4) is 0 Å². The molecule has 1 N–H and O–H groups in total. The molecule has 0 aromatic heterocycles. The van der Waals surface area contributed by atoms with Gasteiger partial charge in [-0.25, -0.2) is 10.4 Å². The first-order valence-electron chi connectivity index (χ1n) is 5.61. The number of piperazine rings is 1. The molecule has 0 aromatic carbocycles. The van der Waals surface area contributed by atoms with E-state index < -0.39 is 0 Å². The molecule has 0 spiro atoms. The third-order valence-electron chi connectivity index (χ3n) is 3.27. The van der Waals surface area contributed by atoms with Crippen molar-refractivity contribution in [1.82, 2.24) is 20.2 Å². The molecule has 1 atom stereocenters. The second-order valence-electron chi connectivity index (χ2n) is 4.52. The number of carbonyl (C=O) groups excluding carboxylic acids is 1. The van der Waals surface area contributed by atoms with Crippen molar-refractivity contribution in [3.05, 3.63) is 0 Å². The summed E-state index contributed by atoms with van der Waals surface area (Å²) in [6.45, 7) is 5.03. The summed E-state index contributed by atoms with van der Waals surface area (Å²) >= 11 is 0. The second-order valence-corrected chi connectivity index (χ2v) is 4.52. The van der Waals surface area contributed by atoms with Gasteiger partial charge in [-0.3, -0.25) is 4.79 Å². The van der Waals surface area contributed by atoms with Crippen LogP contribution < -0.4 is 5.43 Å². The van der Waals surface area contributed by atoms with Crippen LogP contribution in [-0.4, -0.2) is 73.6 Å². The van der Waals surface area contributed by atoms with Gasteiger partial charge >= 0.3 is 0 Å². The zero-order valence-corrected chi connectivity index (χ0v) is 9.57. The number of hydrogen-bond acceptors (Lipinski definition) is 4. The second kappa shape index (κ2) is 4.47. The molecule has 0 bridgehead atoms. The van der Waals surface area contributed by atoms with Crippen molar-refractivity contribution >= 4 is 5.91 Å². The number of nitrogens with zero attached hydrogens (tertiary/aromatic N) is 3. The molecule has 15 heavy (non-hydrogen) atoms. The number of hydrogen-bond donors (Lipinski definition) is 1. The molecule has 5 heteroatoms. The van der Waals surface area contributed by atoms with Gasteiger partial charge < -0.3 is 9.80 Å². The van der Waals surface area contributed by atoms with Gasteiger partial charge in [0.2, 0.25) is 5.91 Å². The maximum atomic E-state index is 11.7. The Labute approximate surface area is 91.0 Å². The number of likely N-dealkylation sites (N-methyl/N-ethyl adjacent to an activating group) is 2. The van der Waals surface area contributed by atoms with Crippen LogP contribution >= 0.6 is 0 Å². The van der Waals surface area contributed by atoms with E-state index in [0.717, 1.165) is 39.1 Å². The van der Waals surface area contributed by atoms with E-state index in [1.54, 1.807) is 4.90 Å². The van der Waals surface area contributed by atoms with E-state index in [-0.39, 0.29) is 11.9 Å². The first-order chi connectivity index (χ1) is 7.16. The molecule has 2 rings (SSSR count). The lowest BCUT2D eigenvalue weighted by Crippen LogP contribution is -2.55. The van der Waals surface area contributed by atoms with Gasteiger partial charge in [0.15, 0.2) is 0 Å². The van der Waals surface area contributed by atoms with Gasteiger partial charge in [0.25, 0.3) is 0 Å². The summed E-state index contributed by atoms with van der Waals surface area (Å²) in [5, 5.41) is 2.18. The van der Waals surface area contributed by atoms with Crippen molar-refractivity contribution in [2.75, 3.05) is 46.8 Å². The van der Waals surface area contributed by atoms with E-state index in [4.69, 9.17) is 0 Å². The lowest BCUT2D eigenvalue weighted by Gasteiger charge is -2.34. The lowest BCUT2D eigenvalue weighted by atomic mass is 10.2. The van der Waals surface area contributed by atoms with Gasteiger partial charge in [-0.2, -0.15) is 0 Å². The molecule has 1 amide bonds. The lowest BCUT2D eigenvalue weighted by molar-refractivity contribution is -0.129. The normalized spacial score (nSPS) is 30.1. The Balaban J connectivity index is 1.80. The van der Waals surface area contributed by atoms with E-state index in [1.807, 2.05) is 7.05 Å². The molecular weight excluding hydrogens is 192 g/mol. The summed E-state index contributed by atoms with van der Waals surface area (Å²) in [6.07, 6.45) is 0.932. The molecule has 2 aliphatic rings. The summed E-state index contributed by atoms with van der Waals surface area (Å²) < 4.78 is 0. The van der Waals surface area contributed by atoms with Crippen LogP contribution in [0.1, 0.15) is 6.42 Å². The molecule has 2 fully saturated rings. The van der Waals surface area contributed by atoms with Crippen LogP contribution in [-0.2, 0) is 4.79 Å². The van der Waals surface area contributed by atoms with Crippen molar-refractivity contribution in [2.24, 2.45) is 0 Å². The monoisotopic (exact) mass is 212 g/mol. The fraction of sp³-hybridized carbons (Fsp3) is 0.900. The predicted octanol–water partition coefficient (Wildman–Crippen LogP) is -1.03. The maximum Gasteiger partial charge on any atom is 0.240 e. The van der Waals surface area contributed by atoms with Gasteiger partial charge in [0.05, 0.1) is 0 Å². The highest BCUT2D eigenvalue weighted by molar-refractivity contribution is 5.83. The number of carbonyl (C=O) groups is 1. The van der Waals surface area contributed by atoms with Crippen LogP contribution in [0.15, 0.2) is 0 Å². The first kappa shape index (κ1) is 10.9. The molecule has 5 nitrogen and oxygen atoms in total. The van der Waals surface area contributed by atoms with Crippen LogP contribution in [0, 0.1) is 0 Å². The highest BCUT2D eigenvalue weighted by Gasteiger charge is 2.30. The predicted molar refractivity (Wildman–Crippen MR) is 58.2 cm³/mol. The third kappa shape index (κ3) is 2.48. The molecule has 2 heterocycles. The molecule has 2 aliphatic heterocycles. The van der Waals surface area contributed by atoms with Gasteiger partial charge in [0.1, 0.15) is 6.04 Å². The average Bonchev–Trinajstić information content (AvgIpc) is 2.53. The van der Waals surface area contributed by atoms with E-state index in [9.17, 15) is 4.79 Å². The van der Waals surface area contributed by atoms with E-state index in [1.165, 1.54) is 0 Å². The highest BCUT2D eigenvalue weighted by atomic mass is 16.2. The zero-order valence-electron chi connectivity index (χ0n) is 9.57. The Morgan fingerprint density at radius 3 is 2.33 bits per heavy atom. The molecule has 1 unspecified atom stereocenters. The molecule has 86 valence electrons. The van der Waals surface area contributed by atoms with Crippen molar-refractivity contribution in [2.45, 2.75) is 12.5 Å². The maximum absolute atomic E-state index is 11.7. The van der Waals surface area contributed by atoms with Gasteiger partial charge in [-0.1, -0.05) is 0 Å². The van der Waals surface area contributed by atoms with E-state index in [2.05, 4.69) is 22.4 Å². The molecule has 0 aromatic rings. The number of hydrazine groups is 1. The van der Waals surface area contributed by atoms with Gasteiger partial charge in [-0.15, -0.1) is 0 Å². The summed E-state index contributed by atoms with van der Waals surface area (Å²) in [7, 11) is 4.00. The molecule has 0 aliphatic carbocycles. The van der Waals surface area contributed by atoms with E-state index >= 15 is 0 Å². The largest absolute Gasteiger partial charge is 0.344 e. The molecule has 2 saturated heterocycles. The zero-order chi connectivity index (χ0) is 10.8. The van der Waals surface area contributed by atoms with Crippen LogP contribution in [0.5, 0.6) is 0 Å². The topological polar surface area (TPSA) is 38.8 Å². The van der Waals surface area contributed by atoms with Crippen molar-refractivity contribution in [3.63, 3.8) is 0 Å². The van der Waals surface area contributed by atoms with Crippen LogP contribution in [0.4, 0.5) is 0 Å². The molecular formula is C10H20N4O.